The van der Waals surface area contributed by atoms with Crippen molar-refractivity contribution in [3.8, 4) is 0 Å². The van der Waals surface area contributed by atoms with E-state index in [4.69, 9.17) is 4.74 Å². The van der Waals surface area contributed by atoms with Gasteiger partial charge in [-0.05, 0) is 31.0 Å². The molecule has 0 aromatic heterocycles. The van der Waals surface area contributed by atoms with E-state index in [9.17, 15) is 18.0 Å². The van der Waals surface area contributed by atoms with Crippen molar-refractivity contribution in [3.63, 3.8) is 0 Å². The molecule has 0 aliphatic heterocycles. The van der Waals surface area contributed by atoms with E-state index in [0.717, 1.165) is 12.1 Å². The van der Waals surface area contributed by atoms with Gasteiger partial charge in [-0.2, -0.15) is 13.2 Å². The molecule has 0 saturated carbocycles. The number of halogens is 3. The molecule has 0 saturated heterocycles. The summed E-state index contributed by atoms with van der Waals surface area (Å²) in [5, 5.41) is 2.37. The number of ether oxygens (including phenoxy) is 1. The van der Waals surface area contributed by atoms with Gasteiger partial charge in [-0.3, -0.25) is 10.1 Å². The van der Waals surface area contributed by atoms with E-state index in [1.807, 2.05) is 20.8 Å². The van der Waals surface area contributed by atoms with E-state index in [2.05, 4.69) is 10.3 Å². The molecule has 0 aliphatic carbocycles. The first kappa shape index (κ1) is 18.0. The molecule has 0 heterocycles. The van der Waals surface area contributed by atoms with Crippen LogP contribution in [-0.4, -0.2) is 25.1 Å². The fraction of sp³-hybridized carbons (Fsp3) is 0.467. The van der Waals surface area contributed by atoms with E-state index in [1.54, 1.807) is 0 Å². The van der Waals surface area contributed by atoms with Crippen LogP contribution in [0.4, 0.5) is 13.2 Å². The molecule has 4 nitrogen and oxygen atoms in total. The molecule has 1 N–H and O–H groups in total. The number of amidine groups is 1. The van der Waals surface area contributed by atoms with Crippen LogP contribution in [0.2, 0.25) is 0 Å². The van der Waals surface area contributed by atoms with E-state index in [-0.39, 0.29) is 23.5 Å². The quantitative estimate of drug-likeness (QED) is 0.685. The third-order valence-electron chi connectivity index (χ3n) is 3.15. The van der Waals surface area contributed by atoms with Crippen molar-refractivity contribution in [2.45, 2.75) is 33.0 Å². The minimum Gasteiger partial charge on any atom is -0.468 e. The van der Waals surface area contributed by atoms with Gasteiger partial charge in [0.2, 0.25) is 0 Å². The smallest absolute Gasteiger partial charge is 0.416 e. The summed E-state index contributed by atoms with van der Waals surface area (Å²) in [5.74, 6) is -0.474. The highest BCUT2D eigenvalue weighted by molar-refractivity contribution is 6.04. The average Bonchev–Trinajstić information content (AvgIpc) is 2.45. The number of nitrogens with one attached hydrogen (secondary N) is 1. The lowest BCUT2D eigenvalue weighted by atomic mass is 10.1. The SMILES string of the molecule is COC(=N[C@@H](C)C(C)C)NC(=O)c1cccc(C(F)(F)F)c1. The topological polar surface area (TPSA) is 50.7 Å². The molecule has 0 unspecified atom stereocenters. The highest BCUT2D eigenvalue weighted by atomic mass is 19.4. The van der Waals surface area contributed by atoms with Gasteiger partial charge in [0.25, 0.3) is 11.9 Å². The fourth-order valence-corrected chi connectivity index (χ4v) is 1.48. The third-order valence-corrected chi connectivity index (χ3v) is 3.15. The Morgan fingerprint density at radius 1 is 1.27 bits per heavy atom. The molecule has 1 aromatic rings. The van der Waals surface area contributed by atoms with Gasteiger partial charge in [-0.1, -0.05) is 19.9 Å². The highest BCUT2D eigenvalue weighted by Gasteiger charge is 2.31. The number of aliphatic imine (C=N–C) groups is 1. The van der Waals surface area contributed by atoms with Gasteiger partial charge in [-0.25, -0.2) is 4.99 Å². The molecular formula is C15H19F3N2O2. The predicted molar refractivity (Wildman–Crippen MR) is 77.7 cm³/mol. The maximum atomic E-state index is 12.6. The zero-order valence-corrected chi connectivity index (χ0v) is 12.9. The monoisotopic (exact) mass is 316 g/mol. The minimum absolute atomic E-state index is 0.0244. The molecule has 0 bridgehead atoms. The van der Waals surface area contributed by atoms with Crippen molar-refractivity contribution >= 4 is 11.9 Å². The Hall–Kier alpha value is -2.05. The molecule has 1 atom stereocenters. The first-order chi connectivity index (χ1) is 10.1. The lowest BCUT2D eigenvalue weighted by molar-refractivity contribution is -0.137. The summed E-state index contributed by atoms with van der Waals surface area (Å²) in [6, 6.07) is 4.04. The Kier molecular flexibility index (Phi) is 5.96. The van der Waals surface area contributed by atoms with Crippen LogP contribution in [0.5, 0.6) is 0 Å². The standard InChI is InChI=1S/C15H19F3N2O2/c1-9(2)10(3)19-14(22-4)20-13(21)11-6-5-7-12(8-11)15(16,17)18/h5-10H,1-4H3,(H,19,20,21)/t10-/m0/s1. The Labute approximate surface area is 127 Å². The molecule has 1 aromatic carbocycles. The molecule has 1 amide bonds. The van der Waals surface area contributed by atoms with Gasteiger partial charge in [0.05, 0.1) is 18.7 Å². The van der Waals surface area contributed by atoms with E-state index < -0.39 is 17.6 Å². The Balaban J connectivity index is 2.92. The van der Waals surface area contributed by atoms with Crippen molar-refractivity contribution in [3.05, 3.63) is 35.4 Å². The summed E-state index contributed by atoms with van der Waals surface area (Å²) >= 11 is 0. The maximum absolute atomic E-state index is 12.6. The van der Waals surface area contributed by atoms with Crippen LogP contribution >= 0.6 is 0 Å². The number of carbonyl (C=O) groups excluding carboxylic acids is 1. The summed E-state index contributed by atoms with van der Waals surface area (Å²) in [4.78, 5) is 16.2. The molecule has 7 heteroatoms. The van der Waals surface area contributed by atoms with Crippen LogP contribution in [0.15, 0.2) is 29.3 Å². The number of carbonyl (C=O) groups is 1. The Morgan fingerprint density at radius 3 is 2.41 bits per heavy atom. The second kappa shape index (κ2) is 7.29. The first-order valence-corrected chi connectivity index (χ1v) is 6.75. The fourth-order valence-electron chi connectivity index (χ4n) is 1.48. The summed E-state index contributed by atoms with van der Waals surface area (Å²) < 4.78 is 42.9. The van der Waals surface area contributed by atoms with Gasteiger partial charge < -0.3 is 4.74 Å². The van der Waals surface area contributed by atoms with Crippen LogP contribution in [-0.2, 0) is 10.9 Å². The molecule has 0 spiro atoms. The minimum atomic E-state index is -4.50. The zero-order chi connectivity index (χ0) is 16.9. The summed E-state index contributed by atoms with van der Waals surface area (Å²) in [5.41, 5.74) is -0.997. The third kappa shape index (κ3) is 5.05. The summed E-state index contributed by atoms with van der Waals surface area (Å²) in [6.45, 7) is 5.76. The molecule has 0 fully saturated rings. The van der Waals surface area contributed by atoms with E-state index in [0.29, 0.717) is 0 Å². The molecular weight excluding hydrogens is 297 g/mol. The average molecular weight is 316 g/mol. The molecule has 1 rings (SSSR count). The van der Waals surface area contributed by atoms with Gasteiger partial charge >= 0.3 is 6.18 Å². The van der Waals surface area contributed by atoms with Gasteiger partial charge in [0, 0.05) is 5.56 Å². The van der Waals surface area contributed by atoms with Crippen molar-refractivity contribution in [2.24, 2.45) is 10.9 Å². The maximum Gasteiger partial charge on any atom is 0.416 e. The number of benzene rings is 1. The Morgan fingerprint density at radius 2 is 1.91 bits per heavy atom. The number of hydrogen-bond donors (Lipinski definition) is 1. The van der Waals surface area contributed by atoms with Crippen molar-refractivity contribution < 1.29 is 22.7 Å². The highest BCUT2D eigenvalue weighted by Crippen LogP contribution is 2.29. The van der Waals surface area contributed by atoms with Crippen LogP contribution < -0.4 is 5.32 Å². The van der Waals surface area contributed by atoms with Crippen LogP contribution in [0.25, 0.3) is 0 Å². The van der Waals surface area contributed by atoms with Crippen molar-refractivity contribution in [1.82, 2.24) is 5.32 Å². The number of alkyl halides is 3. The van der Waals surface area contributed by atoms with Gasteiger partial charge in [0.15, 0.2) is 0 Å². The zero-order valence-electron chi connectivity index (χ0n) is 12.9. The molecule has 0 aliphatic rings. The van der Waals surface area contributed by atoms with Crippen molar-refractivity contribution in [1.29, 1.82) is 0 Å². The van der Waals surface area contributed by atoms with Gasteiger partial charge in [0.1, 0.15) is 0 Å². The Bertz CT molecular complexity index is 554. The molecule has 0 radical (unpaired) electrons. The second-order valence-corrected chi connectivity index (χ2v) is 5.16. The van der Waals surface area contributed by atoms with Crippen LogP contribution in [0, 0.1) is 5.92 Å². The van der Waals surface area contributed by atoms with Gasteiger partial charge in [-0.15, -0.1) is 0 Å². The molecule has 122 valence electrons. The number of amides is 1. The largest absolute Gasteiger partial charge is 0.468 e. The number of nitrogens with zero attached hydrogens (tertiary/aromatic N) is 1. The number of hydrogen-bond acceptors (Lipinski definition) is 3. The van der Waals surface area contributed by atoms with Crippen LogP contribution in [0.3, 0.4) is 0 Å². The predicted octanol–water partition coefficient (Wildman–Crippen LogP) is 3.48. The number of methoxy groups -OCH3 is 1. The van der Waals surface area contributed by atoms with Crippen LogP contribution in [0.1, 0.15) is 36.7 Å². The normalized spacial score (nSPS) is 13.9. The second-order valence-electron chi connectivity index (χ2n) is 5.16. The molecule has 22 heavy (non-hydrogen) atoms. The van der Waals surface area contributed by atoms with Crippen molar-refractivity contribution in [2.75, 3.05) is 7.11 Å². The first-order valence-electron chi connectivity index (χ1n) is 6.75. The summed E-state index contributed by atoms with van der Waals surface area (Å²) in [7, 11) is 1.33. The number of rotatable bonds is 3. The van der Waals surface area contributed by atoms with E-state index in [1.165, 1.54) is 19.2 Å². The summed E-state index contributed by atoms with van der Waals surface area (Å²) in [6.07, 6.45) is -4.50. The van der Waals surface area contributed by atoms with E-state index >= 15 is 0 Å². The lowest BCUT2D eigenvalue weighted by Crippen LogP contribution is -2.33. The lowest BCUT2D eigenvalue weighted by Gasteiger charge is -2.14.